The van der Waals surface area contributed by atoms with E-state index in [0.29, 0.717) is 62.5 Å². The van der Waals surface area contributed by atoms with Crippen molar-refractivity contribution in [3.63, 3.8) is 0 Å². The van der Waals surface area contributed by atoms with Crippen LogP contribution in [-0.2, 0) is 9.47 Å². The first-order valence-electron chi connectivity index (χ1n) is 11.2. The van der Waals surface area contributed by atoms with Crippen LogP contribution in [0.2, 0.25) is 0 Å². The second-order valence-corrected chi connectivity index (χ2v) is 10.4. The van der Waals surface area contributed by atoms with Crippen molar-refractivity contribution in [1.29, 1.82) is 0 Å². The number of benzene rings is 2. The molecular weight excluding hydrogens is 404 g/mol. The summed E-state index contributed by atoms with van der Waals surface area (Å²) in [6.07, 6.45) is 0. The molecule has 0 aliphatic carbocycles. The minimum atomic E-state index is 0.132. The largest absolute Gasteiger partial charge is 0.489 e. The summed E-state index contributed by atoms with van der Waals surface area (Å²) < 4.78 is 23.1. The van der Waals surface area contributed by atoms with E-state index in [4.69, 9.17) is 30.4 Å². The smallest absolute Gasteiger partial charge is 0.142 e. The normalized spacial score (nSPS) is 12.1. The van der Waals surface area contributed by atoms with E-state index in [1.54, 1.807) is 0 Å². The van der Waals surface area contributed by atoms with Crippen LogP contribution in [-0.4, -0.2) is 39.6 Å². The van der Waals surface area contributed by atoms with Crippen LogP contribution in [0.5, 0.6) is 11.5 Å². The van der Waals surface area contributed by atoms with Crippen LogP contribution in [0.15, 0.2) is 36.4 Å². The third-order valence-electron chi connectivity index (χ3n) is 4.40. The maximum absolute atomic E-state index is 6.11. The van der Waals surface area contributed by atoms with Gasteiger partial charge < -0.3 is 30.4 Å². The minimum Gasteiger partial charge on any atom is -0.489 e. The monoisotopic (exact) mass is 444 g/mol. The highest BCUT2D eigenvalue weighted by molar-refractivity contribution is 5.73. The van der Waals surface area contributed by atoms with Gasteiger partial charge in [-0.3, -0.25) is 0 Å². The van der Waals surface area contributed by atoms with Gasteiger partial charge in [0.15, 0.2) is 0 Å². The number of ether oxygens (including phenoxy) is 4. The predicted molar refractivity (Wildman–Crippen MR) is 132 cm³/mol. The van der Waals surface area contributed by atoms with Crippen molar-refractivity contribution in [2.75, 3.05) is 51.1 Å². The standard InChI is InChI=1S/C26H40N2O4/c1-25(2,3)17-29-11-13-31-23-15-19(7-9-21(23)27)20-8-10-22(28)24(16-20)32-14-12-30-18-26(4,5)6/h7-10,15-16H,11-14,17-18,27-28H2,1-6H3. The van der Waals surface area contributed by atoms with E-state index in [2.05, 4.69) is 41.5 Å². The van der Waals surface area contributed by atoms with Gasteiger partial charge in [0.1, 0.15) is 24.7 Å². The Balaban J connectivity index is 1.97. The summed E-state index contributed by atoms with van der Waals surface area (Å²) in [5.74, 6) is 1.27. The molecule has 0 spiro atoms. The van der Waals surface area contributed by atoms with Crippen molar-refractivity contribution in [3.05, 3.63) is 36.4 Å². The highest BCUT2D eigenvalue weighted by Gasteiger charge is 2.12. The first-order chi connectivity index (χ1) is 14.9. The SMILES string of the molecule is CC(C)(C)COCCOc1cc(-c2ccc(N)c(OCCOCC(C)(C)C)c2)ccc1N. The molecule has 2 rings (SSSR count). The molecule has 2 aromatic carbocycles. The predicted octanol–water partition coefficient (Wildman–Crippen LogP) is 5.40. The third kappa shape index (κ3) is 9.37. The van der Waals surface area contributed by atoms with Gasteiger partial charge in [-0.25, -0.2) is 0 Å². The van der Waals surface area contributed by atoms with Gasteiger partial charge in [0.2, 0.25) is 0 Å². The lowest BCUT2D eigenvalue weighted by molar-refractivity contribution is 0.0515. The van der Waals surface area contributed by atoms with E-state index in [-0.39, 0.29) is 10.8 Å². The van der Waals surface area contributed by atoms with Crippen LogP contribution in [0.1, 0.15) is 41.5 Å². The average molecular weight is 445 g/mol. The molecule has 0 saturated carbocycles. The van der Waals surface area contributed by atoms with E-state index >= 15 is 0 Å². The summed E-state index contributed by atoms with van der Waals surface area (Å²) in [6.45, 7) is 16.1. The molecule has 0 fully saturated rings. The quantitative estimate of drug-likeness (QED) is 0.356. The molecule has 2 aromatic rings. The Morgan fingerprint density at radius 3 is 1.31 bits per heavy atom. The van der Waals surface area contributed by atoms with Gasteiger partial charge in [0, 0.05) is 0 Å². The maximum Gasteiger partial charge on any atom is 0.142 e. The molecule has 0 atom stereocenters. The van der Waals surface area contributed by atoms with Crippen molar-refractivity contribution in [3.8, 4) is 22.6 Å². The molecule has 0 radical (unpaired) electrons. The van der Waals surface area contributed by atoms with Crippen molar-refractivity contribution in [2.24, 2.45) is 10.8 Å². The maximum atomic E-state index is 6.11. The van der Waals surface area contributed by atoms with Gasteiger partial charge in [-0.15, -0.1) is 0 Å². The van der Waals surface area contributed by atoms with Crippen molar-refractivity contribution >= 4 is 11.4 Å². The average Bonchev–Trinajstić information content (AvgIpc) is 2.68. The number of nitrogen functional groups attached to an aromatic ring is 2. The van der Waals surface area contributed by atoms with Crippen molar-refractivity contribution in [1.82, 2.24) is 0 Å². The fourth-order valence-corrected chi connectivity index (χ4v) is 2.86. The van der Waals surface area contributed by atoms with Gasteiger partial charge in [-0.05, 0) is 46.2 Å². The summed E-state index contributed by atoms with van der Waals surface area (Å²) in [4.78, 5) is 0. The van der Waals surface area contributed by atoms with Crippen LogP contribution in [0.4, 0.5) is 11.4 Å². The minimum absolute atomic E-state index is 0.132. The van der Waals surface area contributed by atoms with Gasteiger partial charge in [-0.1, -0.05) is 53.7 Å². The Kier molecular flexibility index (Phi) is 9.22. The lowest BCUT2D eigenvalue weighted by Gasteiger charge is -2.18. The molecule has 0 saturated heterocycles. The van der Waals surface area contributed by atoms with E-state index < -0.39 is 0 Å². The lowest BCUT2D eigenvalue weighted by Crippen LogP contribution is -2.17. The second kappa shape index (κ2) is 11.4. The van der Waals surface area contributed by atoms with Crippen molar-refractivity contribution in [2.45, 2.75) is 41.5 Å². The third-order valence-corrected chi connectivity index (χ3v) is 4.40. The van der Waals surface area contributed by atoms with E-state index in [1.807, 2.05) is 36.4 Å². The zero-order valence-corrected chi connectivity index (χ0v) is 20.5. The molecule has 0 aliphatic heterocycles. The molecule has 0 aliphatic rings. The Labute approximate surface area is 193 Å². The zero-order chi connectivity index (χ0) is 23.8. The molecule has 178 valence electrons. The fraction of sp³-hybridized carbons (Fsp3) is 0.538. The Morgan fingerprint density at radius 2 is 0.969 bits per heavy atom. The molecule has 4 N–H and O–H groups in total. The van der Waals surface area contributed by atoms with Crippen LogP contribution >= 0.6 is 0 Å². The van der Waals surface area contributed by atoms with E-state index in [0.717, 1.165) is 11.1 Å². The molecule has 6 nitrogen and oxygen atoms in total. The molecule has 0 amide bonds. The Morgan fingerprint density at radius 1 is 0.594 bits per heavy atom. The Bertz CT molecular complexity index is 782. The van der Waals surface area contributed by atoms with Crippen LogP contribution in [0, 0.1) is 10.8 Å². The van der Waals surface area contributed by atoms with Crippen molar-refractivity contribution < 1.29 is 18.9 Å². The number of rotatable bonds is 11. The number of nitrogens with two attached hydrogens (primary N) is 2. The number of hydrogen-bond acceptors (Lipinski definition) is 6. The van der Waals surface area contributed by atoms with Crippen LogP contribution in [0.3, 0.4) is 0 Å². The summed E-state index contributed by atoms with van der Waals surface area (Å²) >= 11 is 0. The summed E-state index contributed by atoms with van der Waals surface area (Å²) in [6, 6.07) is 11.5. The first kappa shape index (κ1) is 25.8. The highest BCUT2D eigenvalue weighted by Crippen LogP contribution is 2.33. The molecule has 0 aromatic heterocycles. The van der Waals surface area contributed by atoms with Gasteiger partial charge in [0.05, 0.1) is 37.8 Å². The highest BCUT2D eigenvalue weighted by atomic mass is 16.5. The number of hydrogen-bond donors (Lipinski definition) is 2. The molecular formula is C26H40N2O4. The van der Waals surface area contributed by atoms with Gasteiger partial charge >= 0.3 is 0 Å². The van der Waals surface area contributed by atoms with Crippen LogP contribution in [0.25, 0.3) is 11.1 Å². The molecule has 32 heavy (non-hydrogen) atoms. The second-order valence-electron chi connectivity index (χ2n) is 10.4. The van der Waals surface area contributed by atoms with E-state index in [1.165, 1.54) is 0 Å². The lowest BCUT2D eigenvalue weighted by atomic mass is 9.99. The molecule has 0 unspecified atom stereocenters. The fourth-order valence-electron chi connectivity index (χ4n) is 2.86. The number of anilines is 2. The topological polar surface area (TPSA) is 89.0 Å². The molecule has 6 heteroatoms. The molecule has 0 heterocycles. The summed E-state index contributed by atoms with van der Waals surface area (Å²) in [7, 11) is 0. The van der Waals surface area contributed by atoms with E-state index in [9.17, 15) is 0 Å². The van der Waals surface area contributed by atoms with Crippen LogP contribution < -0.4 is 20.9 Å². The zero-order valence-electron chi connectivity index (χ0n) is 20.5. The van der Waals surface area contributed by atoms with Gasteiger partial charge in [0.25, 0.3) is 0 Å². The summed E-state index contributed by atoms with van der Waals surface area (Å²) in [5, 5.41) is 0. The Hall–Kier alpha value is -2.44. The molecule has 0 bridgehead atoms. The summed E-state index contributed by atoms with van der Waals surface area (Å²) in [5.41, 5.74) is 15.6. The van der Waals surface area contributed by atoms with Gasteiger partial charge in [-0.2, -0.15) is 0 Å². The first-order valence-corrected chi connectivity index (χ1v) is 11.2.